The van der Waals surface area contributed by atoms with E-state index in [1.54, 1.807) is 12.3 Å². The number of anilines is 1. The van der Waals surface area contributed by atoms with Crippen LogP contribution < -0.4 is 5.73 Å². The van der Waals surface area contributed by atoms with Crippen molar-refractivity contribution in [1.82, 2.24) is 14.2 Å². The van der Waals surface area contributed by atoms with Crippen LogP contribution >= 0.6 is 0 Å². The first-order valence-corrected chi connectivity index (χ1v) is 7.68. The van der Waals surface area contributed by atoms with Gasteiger partial charge >= 0.3 is 0 Å². The highest BCUT2D eigenvalue weighted by Crippen LogP contribution is 2.13. The molecule has 0 saturated carbocycles. The Bertz CT molecular complexity index is 510. The van der Waals surface area contributed by atoms with Gasteiger partial charge in [0, 0.05) is 38.9 Å². The summed E-state index contributed by atoms with van der Waals surface area (Å²) in [6.07, 6.45) is 2.97. The van der Waals surface area contributed by atoms with Crippen molar-refractivity contribution in [2.45, 2.75) is 6.54 Å². The molecule has 18 heavy (non-hydrogen) atoms. The molecule has 2 rings (SSSR count). The van der Waals surface area contributed by atoms with Crippen molar-refractivity contribution in [2.75, 3.05) is 38.2 Å². The van der Waals surface area contributed by atoms with E-state index in [4.69, 9.17) is 5.73 Å². The molecule has 1 saturated heterocycles. The normalized spacial score (nSPS) is 18.9. The van der Waals surface area contributed by atoms with Crippen LogP contribution in [0, 0.1) is 0 Å². The largest absolute Gasteiger partial charge is 0.397 e. The summed E-state index contributed by atoms with van der Waals surface area (Å²) >= 11 is 0. The third-order valence-electron chi connectivity index (χ3n) is 3.10. The van der Waals surface area contributed by atoms with Crippen molar-refractivity contribution in [3.63, 3.8) is 0 Å². The molecule has 2 heterocycles. The average molecular weight is 270 g/mol. The maximum atomic E-state index is 11.4. The van der Waals surface area contributed by atoms with Gasteiger partial charge in [-0.05, 0) is 12.1 Å². The Labute approximate surface area is 107 Å². The van der Waals surface area contributed by atoms with Gasteiger partial charge in [-0.2, -0.15) is 4.31 Å². The topological polar surface area (TPSA) is 79.5 Å². The van der Waals surface area contributed by atoms with E-state index in [-0.39, 0.29) is 0 Å². The van der Waals surface area contributed by atoms with Crippen molar-refractivity contribution in [2.24, 2.45) is 0 Å². The molecular formula is C11H18N4O2S. The first kappa shape index (κ1) is 13.3. The number of rotatable bonds is 3. The molecule has 0 unspecified atom stereocenters. The van der Waals surface area contributed by atoms with Crippen LogP contribution in [0.2, 0.25) is 0 Å². The number of piperazine rings is 1. The van der Waals surface area contributed by atoms with Crippen LogP contribution in [0.15, 0.2) is 18.3 Å². The minimum Gasteiger partial charge on any atom is -0.397 e. The second kappa shape index (κ2) is 5.21. The molecule has 0 radical (unpaired) electrons. The lowest BCUT2D eigenvalue weighted by atomic mass is 10.2. The van der Waals surface area contributed by atoms with E-state index in [1.807, 2.05) is 6.07 Å². The first-order chi connectivity index (χ1) is 8.47. The number of hydrogen-bond acceptors (Lipinski definition) is 5. The zero-order valence-electron chi connectivity index (χ0n) is 10.4. The van der Waals surface area contributed by atoms with E-state index < -0.39 is 10.0 Å². The second-order valence-electron chi connectivity index (χ2n) is 4.48. The van der Waals surface area contributed by atoms with Crippen molar-refractivity contribution >= 4 is 15.7 Å². The van der Waals surface area contributed by atoms with Crippen LogP contribution in [0.4, 0.5) is 5.69 Å². The average Bonchev–Trinajstić information content (AvgIpc) is 2.32. The van der Waals surface area contributed by atoms with E-state index in [9.17, 15) is 8.42 Å². The summed E-state index contributed by atoms with van der Waals surface area (Å²) in [4.78, 5) is 6.41. The van der Waals surface area contributed by atoms with Gasteiger partial charge in [-0.25, -0.2) is 8.42 Å². The Morgan fingerprint density at radius 1 is 1.33 bits per heavy atom. The van der Waals surface area contributed by atoms with Gasteiger partial charge in [0.2, 0.25) is 10.0 Å². The van der Waals surface area contributed by atoms with Gasteiger partial charge in [0.1, 0.15) is 0 Å². The Balaban J connectivity index is 1.94. The molecule has 2 N–H and O–H groups in total. The van der Waals surface area contributed by atoms with Crippen LogP contribution in [0.5, 0.6) is 0 Å². The molecule has 0 atom stereocenters. The number of nitrogens with two attached hydrogens (primary N) is 1. The van der Waals surface area contributed by atoms with Gasteiger partial charge in [0.05, 0.1) is 17.6 Å². The lowest BCUT2D eigenvalue weighted by Crippen LogP contribution is -2.47. The van der Waals surface area contributed by atoms with Gasteiger partial charge < -0.3 is 5.73 Å². The Morgan fingerprint density at radius 2 is 2.00 bits per heavy atom. The van der Waals surface area contributed by atoms with E-state index in [1.165, 1.54) is 10.6 Å². The lowest BCUT2D eigenvalue weighted by molar-refractivity contribution is 0.181. The highest BCUT2D eigenvalue weighted by atomic mass is 32.2. The fourth-order valence-electron chi connectivity index (χ4n) is 2.01. The van der Waals surface area contributed by atoms with Gasteiger partial charge in [-0.3, -0.25) is 9.88 Å². The molecule has 0 bridgehead atoms. The number of nitrogens with zero attached hydrogens (tertiary/aromatic N) is 3. The summed E-state index contributed by atoms with van der Waals surface area (Å²) in [7, 11) is -3.06. The number of aromatic nitrogens is 1. The predicted octanol–water partition coefficient (Wildman–Crippen LogP) is -0.259. The fraction of sp³-hybridized carbons (Fsp3) is 0.545. The molecule has 1 aliphatic heterocycles. The quantitative estimate of drug-likeness (QED) is 0.818. The second-order valence-corrected chi connectivity index (χ2v) is 6.46. The number of sulfonamides is 1. The molecule has 1 fully saturated rings. The van der Waals surface area contributed by atoms with Crippen LogP contribution in [0.25, 0.3) is 0 Å². The monoisotopic (exact) mass is 270 g/mol. The minimum atomic E-state index is -3.06. The molecule has 0 amide bonds. The number of hydrogen-bond donors (Lipinski definition) is 1. The summed E-state index contributed by atoms with van der Waals surface area (Å²) < 4.78 is 24.3. The number of pyridine rings is 1. The fourth-order valence-corrected chi connectivity index (χ4v) is 2.84. The molecule has 1 aromatic heterocycles. The Morgan fingerprint density at radius 3 is 2.56 bits per heavy atom. The van der Waals surface area contributed by atoms with Crippen molar-refractivity contribution in [1.29, 1.82) is 0 Å². The van der Waals surface area contributed by atoms with Gasteiger partial charge in [0.15, 0.2) is 0 Å². The maximum absolute atomic E-state index is 11.4. The highest BCUT2D eigenvalue weighted by Gasteiger charge is 2.23. The molecule has 0 aromatic carbocycles. The Kier molecular flexibility index (Phi) is 3.84. The maximum Gasteiger partial charge on any atom is 0.211 e. The smallest absolute Gasteiger partial charge is 0.211 e. The molecule has 6 nitrogen and oxygen atoms in total. The van der Waals surface area contributed by atoms with Crippen LogP contribution in [0.1, 0.15) is 5.69 Å². The Hall–Kier alpha value is -1.18. The van der Waals surface area contributed by atoms with Gasteiger partial charge in [-0.15, -0.1) is 0 Å². The predicted molar refractivity (Wildman–Crippen MR) is 70.3 cm³/mol. The SMILES string of the molecule is CS(=O)(=O)N1CCN(Cc2ncccc2N)CC1. The van der Waals surface area contributed by atoms with Crippen molar-refractivity contribution < 1.29 is 8.42 Å². The first-order valence-electron chi connectivity index (χ1n) is 5.83. The van der Waals surface area contributed by atoms with Gasteiger partial charge in [-0.1, -0.05) is 0 Å². The highest BCUT2D eigenvalue weighted by molar-refractivity contribution is 7.88. The standard InChI is InChI=1S/C11H18N4O2S/c1-18(16,17)15-7-5-14(6-8-15)9-11-10(12)3-2-4-13-11/h2-4H,5-9,12H2,1H3. The third kappa shape index (κ3) is 3.18. The summed E-state index contributed by atoms with van der Waals surface area (Å²) in [5.41, 5.74) is 7.37. The molecule has 100 valence electrons. The van der Waals surface area contributed by atoms with E-state index >= 15 is 0 Å². The van der Waals surface area contributed by atoms with Crippen LogP contribution in [-0.4, -0.2) is 55.0 Å². The molecule has 0 aliphatic carbocycles. The van der Waals surface area contributed by atoms with Crippen LogP contribution in [0.3, 0.4) is 0 Å². The van der Waals surface area contributed by atoms with Crippen molar-refractivity contribution in [3.8, 4) is 0 Å². The van der Waals surface area contributed by atoms with Gasteiger partial charge in [0.25, 0.3) is 0 Å². The van der Waals surface area contributed by atoms with Crippen molar-refractivity contribution in [3.05, 3.63) is 24.0 Å². The van der Waals surface area contributed by atoms with E-state index in [0.717, 1.165) is 5.69 Å². The number of nitrogen functional groups attached to an aromatic ring is 1. The van der Waals surface area contributed by atoms with E-state index in [2.05, 4.69) is 9.88 Å². The molecule has 1 aliphatic rings. The molecule has 7 heteroatoms. The van der Waals surface area contributed by atoms with Crippen LogP contribution in [-0.2, 0) is 16.6 Å². The third-order valence-corrected chi connectivity index (χ3v) is 4.40. The summed E-state index contributed by atoms with van der Waals surface area (Å²) in [6.45, 7) is 3.16. The zero-order chi connectivity index (χ0) is 13.2. The zero-order valence-corrected chi connectivity index (χ0v) is 11.2. The minimum absolute atomic E-state index is 0.533. The van der Waals surface area contributed by atoms with E-state index in [0.29, 0.717) is 38.4 Å². The lowest BCUT2D eigenvalue weighted by Gasteiger charge is -2.33. The summed E-state index contributed by atoms with van der Waals surface area (Å²) in [5.74, 6) is 0. The summed E-state index contributed by atoms with van der Waals surface area (Å²) in [6, 6.07) is 3.63. The summed E-state index contributed by atoms with van der Waals surface area (Å²) in [5, 5.41) is 0. The molecule has 0 spiro atoms. The molecule has 1 aromatic rings. The molecular weight excluding hydrogens is 252 g/mol.